The van der Waals surface area contributed by atoms with Gasteiger partial charge in [0.2, 0.25) is 5.82 Å². The van der Waals surface area contributed by atoms with E-state index in [0.29, 0.717) is 11.3 Å². The van der Waals surface area contributed by atoms with E-state index in [-0.39, 0.29) is 29.0 Å². The Morgan fingerprint density at radius 2 is 1.79 bits per heavy atom. The van der Waals surface area contributed by atoms with Crippen molar-refractivity contribution in [3.63, 3.8) is 0 Å². The van der Waals surface area contributed by atoms with E-state index in [2.05, 4.69) is 20.2 Å². The van der Waals surface area contributed by atoms with Crippen molar-refractivity contribution in [3.05, 3.63) is 53.6 Å². The zero-order chi connectivity index (χ0) is 19.5. The summed E-state index contributed by atoms with van der Waals surface area (Å²) < 4.78 is 59.4. The van der Waals surface area contributed by atoms with Crippen LogP contribution >= 0.6 is 0 Å². The molecule has 3 heterocycles. The molecule has 0 aliphatic heterocycles. The molecule has 1 aliphatic carbocycles. The standard InChI is InChI=1S/C18H11F4N5O/c19-11-5-3-10(4-6-11)16-24-17(28-26-16)13-8-15-23-12(9-1-2-9)7-14(18(20,21)22)27(15)25-13/h3-9H,1-2H2. The molecule has 0 spiro atoms. The Balaban J connectivity index is 1.59. The molecule has 0 atom stereocenters. The molecular formula is C18H11F4N5O. The second-order valence-electron chi connectivity index (χ2n) is 6.57. The Kier molecular flexibility index (Phi) is 3.52. The van der Waals surface area contributed by atoms with Crippen LogP contribution in [0.1, 0.15) is 30.1 Å². The number of halogens is 4. The topological polar surface area (TPSA) is 69.1 Å². The maximum Gasteiger partial charge on any atom is 0.433 e. The lowest BCUT2D eigenvalue weighted by molar-refractivity contribution is -0.142. The zero-order valence-corrected chi connectivity index (χ0v) is 14.1. The van der Waals surface area contributed by atoms with Gasteiger partial charge >= 0.3 is 6.18 Å². The molecule has 28 heavy (non-hydrogen) atoms. The van der Waals surface area contributed by atoms with Crippen molar-refractivity contribution in [2.75, 3.05) is 0 Å². The number of aromatic nitrogens is 5. The van der Waals surface area contributed by atoms with Crippen LogP contribution in [-0.2, 0) is 6.18 Å². The maximum atomic E-state index is 13.5. The first kappa shape index (κ1) is 16.8. The number of alkyl halides is 3. The fourth-order valence-electron chi connectivity index (χ4n) is 2.93. The van der Waals surface area contributed by atoms with Gasteiger partial charge in [0, 0.05) is 23.2 Å². The third-order valence-electron chi connectivity index (χ3n) is 4.48. The highest BCUT2D eigenvalue weighted by molar-refractivity contribution is 5.61. The summed E-state index contributed by atoms with van der Waals surface area (Å²) >= 11 is 0. The fourth-order valence-corrected chi connectivity index (χ4v) is 2.93. The van der Waals surface area contributed by atoms with Crippen LogP contribution in [0, 0.1) is 5.82 Å². The van der Waals surface area contributed by atoms with Gasteiger partial charge in [0.1, 0.15) is 11.5 Å². The van der Waals surface area contributed by atoms with Gasteiger partial charge in [-0.1, -0.05) is 5.16 Å². The molecule has 1 fully saturated rings. The predicted octanol–water partition coefficient (Wildman–Crippen LogP) is 4.48. The van der Waals surface area contributed by atoms with Gasteiger partial charge in [0.25, 0.3) is 5.89 Å². The van der Waals surface area contributed by atoms with Crippen LogP contribution in [0.15, 0.2) is 40.9 Å². The first-order valence-electron chi connectivity index (χ1n) is 8.46. The van der Waals surface area contributed by atoms with E-state index in [1.54, 1.807) is 0 Å². The van der Waals surface area contributed by atoms with Crippen LogP contribution in [0.2, 0.25) is 0 Å². The minimum Gasteiger partial charge on any atom is -0.332 e. The van der Waals surface area contributed by atoms with E-state index in [0.717, 1.165) is 23.4 Å². The van der Waals surface area contributed by atoms with Crippen LogP contribution in [0.3, 0.4) is 0 Å². The second-order valence-corrected chi connectivity index (χ2v) is 6.57. The molecule has 0 N–H and O–H groups in total. The van der Waals surface area contributed by atoms with Gasteiger partial charge in [-0.3, -0.25) is 0 Å². The second kappa shape index (κ2) is 5.85. The van der Waals surface area contributed by atoms with E-state index < -0.39 is 17.7 Å². The summed E-state index contributed by atoms with van der Waals surface area (Å²) in [4.78, 5) is 8.45. The number of benzene rings is 1. The first-order valence-corrected chi connectivity index (χ1v) is 8.46. The van der Waals surface area contributed by atoms with Gasteiger partial charge in [-0.15, -0.1) is 0 Å². The van der Waals surface area contributed by atoms with Crippen LogP contribution < -0.4 is 0 Å². The molecule has 6 nitrogen and oxygen atoms in total. The molecule has 0 unspecified atom stereocenters. The molecular weight excluding hydrogens is 378 g/mol. The SMILES string of the molecule is Fc1ccc(-c2noc(-c3cc4nc(C5CC5)cc(C(F)(F)F)n4n3)n2)cc1. The molecule has 1 saturated carbocycles. The minimum atomic E-state index is -4.58. The predicted molar refractivity (Wildman–Crippen MR) is 88.6 cm³/mol. The highest BCUT2D eigenvalue weighted by atomic mass is 19.4. The highest BCUT2D eigenvalue weighted by Crippen LogP contribution is 2.41. The van der Waals surface area contributed by atoms with Gasteiger partial charge < -0.3 is 4.52 Å². The van der Waals surface area contributed by atoms with E-state index >= 15 is 0 Å². The lowest BCUT2D eigenvalue weighted by Crippen LogP contribution is -2.14. The average Bonchev–Trinajstić information content (AvgIpc) is 3.23. The summed E-state index contributed by atoms with van der Waals surface area (Å²) in [5.74, 6) is -0.233. The van der Waals surface area contributed by atoms with E-state index in [4.69, 9.17) is 4.52 Å². The Bertz CT molecular complexity index is 1180. The summed E-state index contributed by atoms with van der Waals surface area (Å²) in [6, 6.07) is 7.85. The smallest absolute Gasteiger partial charge is 0.332 e. The lowest BCUT2D eigenvalue weighted by Gasteiger charge is -2.10. The normalized spacial score (nSPS) is 14.7. The average molecular weight is 389 g/mol. The molecule has 4 aromatic rings. The van der Waals surface area contributed by atoms with Crippen molar-refractivity contribution in [1.82, 2.24) is 24.7 Å². The number of fused-ring (bicyclic) bond motifs is 1. The van der Waals surface area contributed by atoms with Crippen LogP contribution in [0.5, 0.6) is 0 Å². The van der Waals surface area contributed by atoms with Crippen molar-refractivity contribution in [2.45, 2.75) is 24.9 Å². The Hall–Kier alpha value is -3.30. The van der Waals surface area contributed by atoms with Crippen molar-refractivity contribution < 1.29 is 22.1 Å². The molecule has 0 amide bonds. The van der Waals surface area contributed by atoms with E-state index in [9.17, 15) is 17.6 Å². The molecule has 3 aromatic heterocycles. The summed E-state index contributed by atoms with van der Waals surface area (Å²) in [5, 5.41) is 7.76. The number of hydrogen-bond donors (Lipinski definition) is 0. The van der Waals surface area contributed by atoms with Crippen LogP contribution in [0.25, 0.3) is 28.6 Å². The molecule has 5 rings (SSSR count). The van der Waals surface area contributed by atoms with E-state index in [1.807, 2.05) is 0 Å². The molecule has 0 bridgehead atoms. The summed E-state index contributed by atoms with van der Waals surface area (Å²) in [7, 11) is 0. The fraction of sp³-hybridized carbons (Fsp3) is 0.222. The molecule has 10 heteroatoms. The van der Waals surface area contributed by atoms with Gasteiger partial charge in [-0.25, -0.2) is 13.9 Å². The highest BCUT2D eigenvalue weighted by Gasteiger charge is 2.37. The Morgan fingerprint density at radius 1 is 1.04 bits per heavy atom. The lowest BCUT2D eigenvalue weighted by atomic mass is 10.2. The van der Waals surface area contributed by atoms with Crippen molar-refractivity contribution >= 4 is 5.65 Å². The van der Waals surface area contributed by atoms with Gasteiger partial charge in [0.15, 0.2) is 11.3 Å². The minimum absolute atomic E-state index is 0.0501. The van der Waals surface area contributed by atoms with Gasteiger partial charge in [0.05, 0.1) is 0 Å². The van der Waals surface area contributed by atoms with E-state index in [1.165, 1.54) is 30.3 Å². The van der Waals surface area contributed by atoms with Crippen LogP contribution in [0.4, 0.5) is 17.6 Å². The summed E-state index contributed by atoms with van der Waals surface area (Å²) in [6.45, 7) is 0. The van der Waals surface area contributed by atoms with Crippen molar-refractivity contribution in [3.8, 4) is 23.0 Å². The quantitative estimate of drug-likeness (QED) is 0.483. The molecule has 1 aromatic carbocycles. The molecule has 0 saturated heterocycles. The molecule has 142 valence electrons. The van der Waals surface area contributed by atoms with Gasteiger partial charge in [-0.2, -0.15) is 23.3 Å². The summed E-state index contributed by atoms with van der Waals surface area (Å²) in [6.07, 6.45) is -2.93. The van der Waals surface area contributed by atoms with Crippen molar-refractivity contribution in [2.24, 2.45) is 0 Å². The Morgan fingerprint density at radius 3 is 2.46 bits per heavy atom. The number of rotatable bonds is 3. The molecule has 1 aliphatic rings. The number of hydrogen-bond acceptors (Lipinski definition) is 5. The maximum absolute atomic E-state index is 13.5. The largest absolute Gasteiger partial charge is 0.433 e. The van der Waals surface area contributed by atoms with Gasteiger partial charge in [-0.05, 0) is 43.2 Å². The molecule has 0 radical (unpaired) electrons. The van der Waals surface area contributed by atoms with Crippen LogP contribution in [-0.4, -0.2) is 24.7 Å². The Labute approximate surface area is 154 Å². The first-order chi connectivity index (χ1) is 13.4. The van der Waals surface area contributed by atoms with Crippen molar-refractivity contribution in [1.29, 1.82) is 0 Å². The zero-order valence-electron chi connectivity index (χ0n) is 14.1. The monoisotopic (exact) mass is 389 g/mol. The third kappa shape index (κ3) is 2.90. The number of nitrogens with zero attached hydrogens (tertiary/aromatic N) is 5. The summed E-state index contributed by atoms with van der Waals surface area (Å²) in [5.41, 5.74) is 0.151. The third-order valence-corrected chi connectivity index (χ3v) is 4.48.